The van der Waals surface area contributed by atoms with Gasteiger partial charge in [-0.3, -0.25) is 14.1 Å². The highest BCUT2D eigenvalue weighted by atomic mass is 32.1. The highest BCUT2D eigenvalue weighted by Gasteiger charge is 2.18. The third-order valence-electron chi connectivity index (χ3n) is 6.73. The Morgan fingerprint density at radius 1 is 1.08 bits per heavy atom. The predicted molar refractivity (Wildman–Crippen MR) is 149 cm³/mol. The lowest BCUT2D eigenvalue weighted by Crippen LogP contribution is -2.18. The topological polar surface area (TPSA) is 101 Å². The molecule has 11 heteroatoms. The second kappa shape index (κ2) is 10.4. The van der Waals surface area contributed by atoms with Crippen LogP contribution in [0, 0.1) is 11.6 Å². The molecule has 0 bridgehead atoms. The van der Waals surface area contributed by atoms with Gasteiger partial charge in [-0.1, -0.05) is 12.1 Å². The van der Waals surface area contributed by atoms with E-state index in [1.54, 1.807) is 6.20 Å². The molecule has 8 nitrogen and oxygen atoms in total. The number of pyridine rings is 1. The van der Waals surface area contributed by atoms with Crippen molar-refractivity contribution in [2.24, 2.45) is 0 Å². The molecule has 1 fully saturated rings. The van der Waals surface area contributed by atoms with Gasteiger partial charge in [-0.25, -0.2) is 18.7 Å². The standard InChI is InChI=1S/C28H25F2N7OS/c29-19-6-3-7-21(31)25(19)35-27(38)17-8-9-22(20(30)13-17)33-28-34-23(16-39-28)24-14-32-26-18(5-4-12-37(24)26)15-36-10-1-2-11-36/h3-9,12-14,16H,1-2,10-11,15,31H2,(H,33,34)(H,35,38). The number of anilines is 4. The van der Waals surface area contributed by atoms with Gasteiger partial charge >= 0.3 is 0 Å². The van der Waals surface area contributed by atoms with Crippen molar-refractivity contribution in [3.05, 3.63) is 89.1 Å². The summed E-state index contributed by atoms with van der Waals surface area (Å²) in [4.78, 5) is 24.3. The van der Waals surface area contributed by atoms with Crippen molar-refractivity contribution < 1.29 is 13.6 Å². The Kier molecular flexibility index (Phi) is 6.67. The van der Waals surface area contributed by atoms with Crippen molar-refractivity contribution in [2.45, 2.75) is 19.4 Å². The molecule has 0 spiro atoms. The van der Waals surface area contributed by atoms with Gasteiger partial charge in [0.05, 0.1) is 23.3 Å². The van der Waals surface area contributed by atoms with Crippen LogP contribution in [0.25, 0.3) is 17.0 Å². The first-order chi connectivity index (χ1) is 19.0. The van der Waals surface area contributed by atoms with Gasteiger partial charge in [0.2, 0.25) is 0 Å². The number of aromatic nitrogens is 3. The second-order valence-electron chi connectivity index (χ2n) is 9.37. The number of thiazole rings is 1. The van der Waals surface area contributed by atoms with E-state index < -0.39 is 17.5 Å². The number of hydrogen-bond acceptors (Lipinski definition) is 7. The van der Waals surface area contributed by atoms with Crippen LogP contribution in [0.3, 0.4) is 0 Å². The monoisotopic (exact) mass is 545 g/mol. The fourth-order valence-electron chi connectivity index (χ4n) is 4.74. The van der Waals surface area contributed by atoms with E-state index in [-0.39, 0.29) is 22.6 Å². The van der Waals surface area contributed by atoms with E-state index in [9.17, 15) is 13.6 Å². The molecule has 6 rings (SSSR count). The zero-order valence-electron chi connectivity index (χ0n) is 20.8. The van der Waals surface area contributed by atoms with E-state index in [0.29, 0.717) is 10.8 Å². The summed E-state index contributed by atoms with van der Waals surface area (Å²) in [5.41, 5.74) is 9.49. The van der Waals surface area contributed by atoms with Crippen LogP contribution in [0.1, 0.15) is 28.8 Å². The first kappa shape index (κ1) is 25.0. The van der Waals surface area contributed by atoms with Crippen molar-refractivity contribution in [2.75, 3.05) is 29.5 Å². The molecular weight excluding hydrogens is 520 g/mol. The number of carbonyl (C=O) groups excluding carboxylic acids is 1. The average Bonchev–Trinajstić information content (AvgIpc) is 3.69. The van der Waals surface area contributed by atoms with E-state index in [0.717, 1.165) is 37.0 Å². The molecule has 5 aromatic rings. The number of benzene rings is 2. The minimum Gasteiger partial charge on any atom is -0.397 e. The minimum atomic E-state index is -0.675. The molecule has 1 amide bonds. The lowest BCUT2D eigenvalue weighted by Gasteiger charge is -2.15. The number of amides is 1. The third kappa shape index (κ3) is 5.06. The average molecular weight is 546 g/mol. The number of rotatable bonds is 7. The number of nitrogens with zero attached hydrogens (tertiary/aromatic N) is 4. The number of nitrogens with two attached hydrogens (primary N) is 1. The molecular formula is C28H25F2N7OS. The van der Waals surface area contributed by atoms with Gasteiger partial charge in [0.15, 0.2) is 5.13 Å². The molecule has 0 atom stereocenters. The maximum absolute atomic E-state index is 14.9. The maximum Gasteiger partial charge on any atom is 0.255 e. The van der Waals surface area contributed by atoms with Gasteiger partial charge in [0.1, 0.15) is 28.7 Å². The number of para-hydroxylation sites is 1. The summed E-state index contributed by atoms with van der Waals surface area (Å²) in [7, 11) is 0. The van der Waals surface area contributed by atoms with Gasteiger partial charge in [0, 0.05) is 29.2 Å². The molecule has 0 aliphatic carbocycles. The van der Waals surface area contributed by atoms with E-state index in [1.165, 1.54) is 60.1 Å². The van der Waals surface area contributed by atoms with Crippen LogP contribution in [-0.4, -0.2) is 38.3 Å². The number of fused-ring (bicyclic) bond motifs is 1. The van der Waals surface area contributed by atoms with Gasteiger partial charge in [-0.2, -0.15) is 0 Å². The number of nitrogens with one attached hydrogen (secondary N) is 2. The van der Waals surface area contributed by atoms with Gasteiger partial charge in [0.25, 0.3) is 5.91 Å². The summed E-state index contributed by atoms with van der Waals surface area (Å²) < 4.78 is 31.0. The van der Waals surface area contributed by atoms with E-state index >= 15 is 0 Å². The van der Waals surface area contributed by atoms with E-state index in [2.05, 4.69) is 31.6 Å². The highest BCUT2D eigenvalue weighted by molar-refractivity contribution is 7.14. The number of carbonyl (C=O) groups is 1. The maximum atomic E-state index is 14.9. The molecule has 2 aromatic carbocycles. The molecule has 198 valence electrons. The Morgan fingerprint density at radius 2 is 1.92 bits per heavy atom. The third-order valence-corrected chi connectivity index (χ3v) is 7.49. The zero-order valence-corrected chi connectivity index (χ0v) is 21.6. The number of imidazole rings is 1. The lowest BCUT2D eigenvalue weighted by molar-refractivity contribution is 0.102. The van der Waals surface area contributed by atoms with E-state index in [1.807, 2.05) is 22.0 Å². The fourth-order valence-corrected chi connectivity index (χ4v) is 5.46. The molecule has 1 saturated heterocycles. The van der Waals surface area contributed by atoms with Gasteiger partial charge in [-0.15, -0.1) is 11.3 Å². The Balaban J connectivity index is 1.18. The highest BCUT2D eigenvalue weighted by Crippen LogP contribution is 2.30. The molecule has 39 heavy (non-hydrogen) atoms. The number of halogens is 2. The molecule has 1 aliphatic rings. The molecule has 0 saturated carbocycles. The quantitative estimate of drug-likeness (QED) is 0.220. The van der Waals surface area contributed by atoms with Crippen LogP contribution in [0.5, 0.6) is 0 Å². The Bertz CT molecular complexity index is 1660. The summed E-state index contributed by atoms with van der Waals surface area (Å²) in [6.07, 6.45) is 6.24. The fraction of sp³-hybridized carbons (Fsp3) is 0.179. The van der Waals surface area contributed by atoms with Crippen LogP contribution < -0.4 is 16.4 Å². The molecule has 0 unspecified atom stereocenters. The molecule has 1 aliphatic heterocycles. The van der Waals surface area contributed by atoms with Crippen molar-refractivity contribution in [1.82, 2.24) is 19.3 Å². The number of likely N-dealkylation sites (tertiary alicyclic amines) is 1. The van der Waals surface area contributed by atoms with Crippen molar-refractivity contribution >= 4 is 45.1 Å². The Hall–Kier alpha value is -4.35. The predicted octanol–water partition coefficient (Wildman–Crippen LogP) is 5.91. The molecule has 4 N–H and O–H groups in total. The summed E-state index contributed by atoms with van der Waals surface area (Å²) in [5, 5.41) is 7.76. The Labute approximate surface area is 227 Å². The molecule has 3 aromatic heterocycles. The van der Waals surface area contributed by atoms with Gasteiger partial charge < -0.3 is 16.4 Å². The summed E-state index contributed by atoms with van der Waals surface area (Å²) in [5.74, 6) is -2.00. The smallest absolute Gasteiger partial charge is 0.255 e. The Morgan fingerprint density at radius 3 is 2.72 bits per heavy atom. The van der Waals surface area contributed by atoms with Crippen LogP contribution in [-0.2, 0) is 6.54 Å². The van der Waals surface area contributed by atoms with Crippen LogP contribution in [0.15, 0.2) is 66.3 Å². The molecule has 4 heterocycles. The SMILES string of the molecule is Nc1cccc(F)c1NC(=O)c1ccc(Nc2nc(-c3cnc4c(CN5CCCC5)cccn34)cs2)c(F)c1. The van der Waals surface area contributed by atoms with Crippen molar-refractivity contribution in [1.29, 1.82) is 0 Å². The van der Waals surface area contributed by atoms with E-state index in [4.69, 9.17) is 5.73 Å². The number of hydrogen-bond donors (Lipinski definition) is 3. The second-order valence-corrected chi connectivity index (χ2v) is 10.2. The lowest BCUT2D eigenvalue weighted by atomic mass is 10.1. The van der Waals surface area contributed by atoms with Crippen molar-refractivity contribution in [3.63, 3.8) is 0 Å². The van der Waals surface area contributed by atoms with Crippen LogP contribution in [0.2, 0.25) is 0 Å². The number of nitrogen functional groups attached to an aromatic ring is 1. The van der Waals surface area contributed by atoms with Gasteiger partial charge in [-0.05, 0) is 62.3 Å². The largest absolute Gasteiger partial charge is 0.397 e. The summed E-state index contributed by atoms with van der Waals surface area (Å²) in [6, 6.07) is 12.2. The first-order valence-corrected chi connectivity index (χ1v) is 13.4. The summed E-state index contributed by atoms with van der Waals surface area (Å²) >= 11 is 1.33. The normalized spacial score (nSPS) is 13.7. The molecule has 0 radical (unpaired) electrons. The first-order valence-electron chi connectivity index (χ1n) is 12.5. The van der Waals surface area contributed by atoms with Crippen molar-refractivity contribution in [3.8, 4) is 11.4 Å². The van der Waals surface area contributed by atoms with Crippen LogP contribution >= 0.6 is 11.3 Å². The summed E-state index contributed by atoms with van der Waals surface area (Å²) in [6.45, 7) is 3.09. The zero-order chi connectivity index (χ0) is 26.9. The van der Waals surface area contributed by atoms with Crippen LogP contribution in [0.4, 0.5) is 31.0 Å². The minimum absolute atomic E-state index is 0.0241.